The van der Waals surface area contributed by atoms with E-state index in [4.69, 9.17) is 15.6 Å². The molecule has 0 aliphatic heterocycles. The molecule has 110 valence electrons. The fourth-order valence-corrected chi connectivity index (χ4v) is 2.50. The molecule has 0 saturated heterocycles. The van der Waals surface area contributed by atoms with E-state index in [-0.39, 0.29) is 11.3 Å². The number of carbonyl (C=O) groups is 1. The van der Waals surface area contributed by atoms with E-state index in [1.54, 1.807) is 18.2 Å². The van der Waals surface area contributed by atoms with Crippen LogP contribution in [0.3, 0.4) is 0 Å². The summed E-state index contributed by atoms with van der Waals surface area (Å²) < 4.78 is 5.80. The van der Waals surface area contributed by atoms with Gasteiger partial charge in [0.1, 0.15) is 0 Å². The van der Waals surface area contributed by atoms with Gasteiger partial charge in [0.05, 0.1) is 18.3 Å². The van der Waals surface area contributed by atoms with Gasteiger partial charge in [-0.15, -0.1) is 0 Å². The zero-order chi connectivity index (χ0) is 14.4. The van der Waals surface area contributed by atoms with E-state index in [1.165, 1.54) is 19.3 Å². The smallest absolute Gasteiger partial charge is 0.337 e. The highest BCUT2D eigenvalue weighted by molar-refractivity contribution is 5.94. The van der Waals surface area contributed by atoms with Crippen molar-refractivity contribution < 1.29 is 14.6 Å². The quantitative estimate of drug-likeness (QED) is 0.550. The summed E-state index contributed by atoms with van der Waals surface area (Å²) in [5.41, 5.74) is 6.77. The maximum absolute atomic E-state index is 11.0. The Morgan fingerprint density at radius 1 is 1.35 bits per heavy atom. The van der Waals surface area contributed by atoms with Gasteiger partial charge in [-0.05, 0) is 31.0 Å². The normalized spacial score (nSPS) is 16.0. The Bertz CT molecular complexity index is 456. The van der Waals surface area contributed by atoms with Crippen molar-refractivity contribution in [3.05, 3.63) is 23.8 Å². The third-order valence-electron chi connectivity index (χ3n) is 3.62. The number of nitrogens with one attached hydrogen (secondary N) is 1. The van der Waals surface area contributed by atoms with Gasteiger partial charge in [0.15, 0.2) is 0 Å². The van der Waals surface area contributed by atoms with Gasteiger partial charge in [0, 0.05) is 17.9 Å². The van der Waals surface area contributed by atoms with Gasteiger partial charge in [-0.25, -0.2) is 4.79 Å². The van der Waals surface area contributed by atoms with Crippen LogP contribution in [0.2, 0.25) is 0 Å². The number of ether oxygens (including phenoxy) is 1. The van der Waals surface area contributed by atoms with Crippen molar-refractivity contribution in [1.82, 2.24) is 0 Å². The number of hydrogen-bond donors (Lipinski definition) is 3. The summed E-state index contributed by atoms with van der Waals surface area (Å²) in [6.45, 7) is 1.30. The standard InChI is InChI=1S/C15H22N2O3/c16-14-7-6-11(10-13(14)15(18)19)17-8-9-20-12-4-2-1-3-5-12/h6-7,10,12,17H,1-5,8-9,16H2,(H,18,19). The molecular weight excluding hydrogens is 256 g/mol. The van der Waals surface area contributed by atoms with Crippen molar-refractivity contribution >= 4 is 17.3 Å². The van der Waals surface area contributed by atoms with E-state index in [2.05, 4.69) is 5.32 Å². The number of carboxylic acids is 1. The maximum Gasteiger partial charge on any atom is 0.337 e. The molecule has 1 aromatic rings. The Hall–Kier alpha value is -1.75. The molecule has 0 unspecified atom stereocenters. The Morgan fingerprint density at radius 2 is 2.10 bits per heavy atom. The van der Waals surface area contributed by atoms with Crippen LogP contribution in [0.1, 0.15) is 42.5 Å². The third kappa shape index (κ3) is 4.13. The van der Waals surface area contributed by atoms with Crippen LogP contribution >= 0.6 is 0 Å². The molecular formula is C15H22N2O3. The molecule has 5 heteroatoms. The van der Waals surface area contributed by atoms with Gasteiger partial charge in [-0.3, -0.25) is 0 Å². The highest BCUT2D eigenvalue weighted by Crippen LogP contribution is 2.20. The van der Waals surface area contributed by atoms with Crippen molar-refractivity contribution in [1.29, 1.82) is 0 Å². The minimum absolute atomic E-state index is 0.128. The number of nitrogen functional groups attached to an aromatic ring is 1. The first-order valence-electron chi connectivity index (χ1n) is 7.15. The van der Waals surface area contributed by atoms with Gasteiger partial charge in [-0.1, -0.05) is 19.3 Å². The molecule has 0 heterocycles. The van der Waals surface area contributed by atoms with E-state index in [9.17, 15) is 4.79 Å². The first-order chi connectivity index (χ1) is 9.66. The van der Waals surface area contributed by atoms with Crippen LogP contribution < -0.4 is 11.1 Å². The van der Waals surface area contributed by atoms with Crippen molar-refractivity contribution in [2.45, 2.75) is 38.2 Å². The lowest BCUT2D eigenvalue weighted by molar-refractivity contribution is 0.0347. The summed E-state index contributed by atoms with van der Waals surface area (Å²) in [7, 11) is 0. The average molecular weight is 278 g/mol. The molecule has 0 atom stereocenters. The van der Waals surface area contributed by atoms with Gasteiger partial charge in [0.25, 0.3) is 0 Å². The predicted octanol–water partition coefficient (Wildman–Crippen LogP) is 2.73. The number of carboxylic acid groups (broad SMARTS) is 1. The fraction of sp³-hybridized carbons (Fsp3) is 0.533. The van der Waals surface area contributed by atoms with Crippen molar-refractivity contribution in [3.8, 4) is 0 Å². The van der Waals surface area contributed by atoms with Crippen LogP contribution in [0.4, 0.5) is 11.4 Å². The molecule has 1 saturated carbocycles. The van der Waals surface area contributed by atoms with E-state index in [0.29, 0.717) is 19.3 Å². The molecule has 1 aliphatic rings. The molecule has 0 bridgehead atoms. The Labute approximate surface area is 119 Å². The number of hydrogen-bond acceptors (Lipinski definition) is 4. The summed E-state index contributed by atoms with van der Waals surface area (Å²) in [6.07, 6.45) is 6.56. The summed E-state index contributed by atoms with van der Waals surface area (Å²) in [6, 6.07) is 4.94. The zero-order valence-electron chi connectivity index (χ0n) is 11.6. The van der Waals surface area contributed by atoms with E-state index in [0.717, 1.165) is 18.5 Å². The third-order valence-corrected chi connectivity index (χ3v) is 3.62. The van der Waals surface area contributed by atoms with Gasteiger partial charge >= 0.3 is 5.97 Å². The topological polar surface area (TPSA) is 84.6 Å². The summed E-state index contributed by atoms with van der Waals surface area (Å²) >= 11 is 0. The molecule has 0 aromatic heterocycles. The van der Waals surface area contributed by atoms with Crippen LogP contribution in [-0.4, -0.2) is 30.3 Å². The monoisotopic (exact) mass is 278 g/mol. The van der Waals surface area contributed by atoms with Crippen molar-refractivity contribution in [3.63, 3.8) is 0 Å². The Kier molecular flexibility index (Phi) is 5.24. The SMILES string of the molecule is Nc1ccc(NCCOC2CCCCC2)cc1C(=O)O. The Morgan fingerprint density at radius 3 is 2.80 bits per heavy atom. The second-order valence-electron chi connectivity index (χ2n) is 5.16. The molecule has 2 rings (SSSR count). The molecule has 20 heavy (non-hydrogen) atoms. The molecule has 0 spiro atoms. The molecule has 4 N–H and O–H groups in total. The molecule has 0 amide bonds. The van der Waals surface area contributed by atoms with Crippen molar-refractivity contribution in [2.75, 3.05) is 24.2 Å². The highest BCUT2D eigenvalue weighted by atomic mass is 16.5. The minimum Gasteiger partial charge on any atom is -0.478 e. The molecule has 0 radical (unpaired) electrons. The molecule has 1 aromatic carbocycles. The fourth-order valence-electron chi connectivity index (χ4n) is 2.50. The van der Waals surface area contributed by atoms with Crippen LogP contribution in [-0.2, 0) is 4.74 Å². The van der Waals surface area contributed by atoms with Crippen LogP contribution in [0.25, 0.3) is 0 Å². The lowest BCUT2D eigenvalue weighted by atomic mass is 9.98. The number of anilines is 2. The first kappa shape index (κ1) is 14.7. The van der Waals surface area contributed by atoms with Gasteiger partial charge in [0.2, 0.25) is 0 Å². The molecule has 5 nitrogen and oxygen atoms in total. The van der Waals surface area contributed by atoms with Crippen LogP contribution in [0, 0.1) is 0 Å². The number of rotatable bonds is 6. The largest absolute Gasteiger partial charge is 0.478 e. The van der Waals surface area contributed by atoms with Crippen molar-refractivity contribution in [2.24, 2.45) is 0 Å². The second-order valence-corrected chi connectivity index (χ2v) is 5.16. The molecule has 1 fully saturated rings. The molecule has 1 aliphatic carbocycles. The van der Waals surface area contributed by atoms with Gasteiger partial charge < -0.3 is 20.9 Å². The van der Waals surface area contributed by atoms with E-state index < -0.39 is 5.97 Å². The lowest BCUT2D eigenvalue weighted by Gasteiger charge is -2.22. The average Bonchev–Trinajstić information content (AvgIpc) is 2.46. The number of benzene rings is 1. The van der Waals surface area contributed by atoms with Crippen LogP contribution in [0.5, 0.6) is 0 Å². The maximum atomic E-state index is 11.0. The Balaban J connectivity index is 1.76. The minimum atomic E-state index is -1.01. The highest BCUT2D eigenvalue weighted by Gasteiger charge is 2.13. The number of aromatic carboxylic acids is 1. The second kappa shape index (κ2) is 7.14. The summed E-state index contributed by atoms with van der Waals surface area (Å²) in [4.78, 5) is 11.0. The number of nitrogens with two attached hydrogens (primary N) is 1. The lowest BCUT2D eigenvalue weighted by Crippen LogP contribution is -2.20. The summed E-state index contributed by atoms with van der Waals surface area (Å²) in [5, 5.41) is 12.2. The van der Waals surface area contributed by atoms with E-state index in [1.807, 2.05) is 0 Å². The first-order valence-corrected chi connectivity index (χ1v) is 7.15. The predicted molar refractivity (Wildman–Crippen MR) is 79.1 cm³/mol. The van der Waals surface area contributed by atoms with E-state index >= 15 is 0 Å². The zero-order valence-corrected chi connectivity index (χ0v) is 11.6. The van der Waals surface area contributed by atoms with Gasteiger partial charge in [-0.2, -0.15) is 0 Å². The van der Waals surface area contributed by atoms with Crippen LogP contribution in [0.15, 0.2) is 18.2 Å². The summed E-state index contributed by atoms with van der Waals surface area (Å²) in [5.74, 6) is -1.01.